The Bertz CT molecular complexity index is 709. The van der Waals surface area contributed by atoms with Gasteiger partial charge in [-0.1, -0.05) is 61.3 Å². The minimum Gasteiger partial charge on any atom is -0.444 e. The summed E-state index contributed by atoms with van der Waals surface area (Å²) >= 11 is 0. The van der Waals surface area contributed by atoms with Gasteiger partial charge >= 0.3 is 0 Å². The van der Waals surface area contributed by atoms with Crippen LogP contribution in [0.2, 0.25) is 0 Å². The van der Waals surface area contributed by atoms with Gasteiger partial charge in [0.05, 0.1) is 6.20 Å². The summed E-state index contributed by atoms with van der Waals surface area (Å²) in [6.07, 6.45) is 6.46. The minimum atomic E-state index is 0.328. The lowest BCUT2D eigenvalue weighted by molar-refractivity contribution is 0.404. The molecule has 27 heavy (non-hydrogen) atoms. The highest BCUT2D eigenvalue weighted by Crippen LogP contribution is 2.24. The van der Waals surface area contributed by atoms with Crippen molar-refractivity contribution in [2.24, 2.45) is 17.8 Å². The molecule has 0 spiro atoms. The number of fused-ring (bicyclic) bond motifs is 1. The van der Waals surface area contributed by atoms with E-state index in [0.717, 1.165) is 30.0 Å². The molecule has 0 aliphatic heterocycles. The molecule has 0 aliphatic carbocycles. The van der Waals surface area contributed by atoms with Crippen LogP contribution in [0.3, 0.4) is 0 Å². The molecule has 0 saturated carbocycles. The van der Waals surface area contributed by atoms with Gasteiger partial charge in [-0.3, -0.25) is 0 Å². The molecule has 0 bridgehead atoms. The first-order valence-electron chi connectivity index (χ1n) is 10.3. The third kappa shape index (κ3) is 8.95. The number of nitrogens with zero attached hydrogens (tertiary/aromatic N) is 2. The molecule has 0 amide bonds. The van der Waals surface area contributed by atoms with Crippen molar-refractivity contribution >= 4 is 16.8 Å². The largest absolute Gasteiger partial charge is 0.444 e. The monoisotopic (exact) mass is 371 g/mol. The Morgan fingerprint density at radius 1 is 1.11 bits per heavy atom. The number of nitrogens with one attached hydrogen (secondary N) is 1. The van der Waals surface area contributed by atoms with Crippen molar-refractivity contribution in [2.45, 2.75) is 80.2 Å². The normalized spacial score (nSPS) is 13.2. The number of nitriles is 1. The Labute approximate surface area is 165 Å². The summed E-state index contributed by atoms with van der Waals surface area (Å²) in [5, 5.41) is 13.4. The molecule has 2 heterocycles. The molecule has 0 aliphatic rings. The fraction of sp³-hybridized carbons (Fsp3) is 0.652. The second-order valence-corrected chi connectivity index (χ2v) is 8.66. The molecule has 150 valence electrons. The van der Waals surface area contributed by atoms with E-state index in [0.29, 0.717) is 29.2 Å². The maximum atomic E-state index is 8.92. The van der Waals surface area contributed by atoms with Gasteiger partial charge in [-0.05, 0) is 36.7 Å². The topological polar surface area (TPSA) is 61.9 Å². The molecule has 2 atom stereocenters. The average molecular weight is 372 g/mol. The fourth-order valence-electron chi connectivity index (χ4n) is 3.17. The van der Waals surface area contributed by atoms with Crippen LogP contribution in [0.25, 0.3) is 11.0 Å². The Hall–Kier alpha value is -2.02. The van der Waals surface area contributed by atoms with Gasteiger partial charge in [0.1, 0.15) is 11.9 Å². The summed E-state index contributed by atoms with van der Waals surface area (Å²) in [7, 11) is 0. The summed E-state index contributed by atoms with van der Waals surface area (Å²) in [4.78, 5) is 4.44. The molecular weight excluding hydrogens is 334 g/mol. The SMILES string of the molecule is CC(C)C.CCCC(C)CC(CC(C)C)Nc1cc2cc(C#N)oc2cn1. The number of pyridine rings is 1. The highest BCUT2D eigenvalue weighted by atomic mass is 16.3. The van der Waals surface area contributed by atoms with Gasteiger partial charge in [0, 0.05) is 17.5 Å². The number of hydrogen-bond donors (Lipinski definition) is 1. The summed E-state index contributed by atoms with van der Waals surface area (Å²) in [5.74, 6) is 3.37. The first kappa shape index (κ1) is 23.0. The van der Waals surface area contributed by atoms with Crippen LogP contribution < -0.4 is 5.32 Å². The van der Waals surface area contributed by atoms with Crippen molar-refractivity contribution in [3.05, 3.63) is 24.1 Å². The van der Waals surface area contributed by atoms with Gasteiger partial charge in [-0.25, -0.2) is 4.98 Å². The number of hydrogen-bond acceptors (Lipinski definition) is 4. The number of rotatable bonds is 8. The molecule has 2 aromatic rings. The highest BCUT2D eigenvalue weighted by molar-refractivity contribution is 5.80. The molecule has 0 saturated heterocycles. The highest BCUT2D eigenvalue weighted by Gasteiger charge is 2.16. The Morgan fingerprint density at radius 2 is 1.78 bits per heavy atom. The van der Waals surface area contributed by atoms with E-state index in [4.69, 9.17) is 9.68 Å². The fourth-order valence-corrected chi connectivity index (χ4v) is 3.17. The van der Waals surface area contributed by atoms with E-state index in [1.54, 1.807) is 12.3 Å². The summed E-state index contributed by atoms with van der Waals surface area (Å²) < 4.78 is 5.39. The van der Waals surface area contributed by atoms with Gasteiger partial charge in [-0.15, -0.1) is 0 Å². The van der Waals surface area contributed by atoms with Crippen LogP contribution in [0.4, 0.5) is 5.82 Å². The predicted octanol–water partition coefficient (Wildman–Crippen LogP) is 7.01. The first-order chi connectivity index (χ1) is 12.7. The van der Waals surface area contributed by atoms with E-state index in [9.17, 15) is 0 Å². The number of aromatic nitrogens is 1. The van der Waals surface area contributed by atoms with Crippen molar-refractivity contribution in [2.75, 3.05) is 5.32 Å². The second kappa shape index (κ2) is 11.6. The third-order valence-electron chi connectivity index (χ3n) is 4.09. The van der Waals surface area contributed by atoms with Crippen LogP contribution in [0.15, 0.2) is 22.7 Å². The molecule has 1 N–H and O–H groups in total. The van der Waals surface area contributed by atoms with E-state index >= 15 is 0 Å². The van der Waals surface area contributed by atoms with Crippen molar-refractivity contribution < 1.29 is 4.42 Å². The molecular formula is C23H37N3O. The first-order valence-corrected chi connectivity index (χ1v) is 10.3. The van der Waals surface area contributed by atoms with Gasteiger partial charge in [0.15, 0.2) is 5.58 Å². The van der Waals surface area contributed by atoms with Crippen molar-refractivity contribution in [1.29, 1.82) is 5.26 Å². The van der Waals surface area contributed by atoms with Crippen LogP contribution in [-0.4, -0.2) is 11.0 Å². The summed E-state index contributed by atoms with van der Waals surface area (Å²) in [5.41, 5.74) is 0.659. The minimum absolute atomic E-state index is 0.328. The average Bonchev–Trinajstić information content (AvgIpc) is 2.96. The van der Waals surface area contributed by atoms with Crippen LogP contribution in [0.5, 0.6) is 0 Å². The molecule has 0 fully saturated rings. The van der Waals surface area contributed by atoms with E-state index < -0.39 is 0 Å². The van der Waals surface area contributed by atoms with Crippen molar-refractivity contribution in [1.82, 2.24) is 4.98 Å². The van der Waals surface area contributed by atoms with Crippen LogP contribution >= 0.6 is 0 Å². The third-order valence-corrected chi connectivity index (χ3v) is 4.09. The van der Waals surface area contributed by atoms with Gasteiger partial charge < -0.3 is 9.73 Å². The number of anilines is 1. The molecule has 0 aromatic carbocycles. The molecule has 2 aromatic heterocycles. The van der Waals surface area contributed by atoms with E-state index in [2.05, 4.69) is 58.8 Å². The molecule has 4 nitrogen and oxygen atoms in total. The molecule has 0 radical (unpaired) electrons. The smallest absolute Gasteiger partial charge is 0.204 e. The summed E-state index contributed by atoms with van der Waals surface area (Å²) in [6.45, 7) is 15.6. The zero-order valence-electron chi connectivity index (χ0n) is 18.2. The van der Waals surface area contributed by atoms with Gasteiger partial charge in [-0.2, -0.15) is 5.26 Å². The molecule has 2 unspecified atom stereocenters. The zero-order valence-corrected chi connectivity index (χ0v) is 18.2. The zero-order chi connectivity index (χ0) is 20.4. The van der Waals surface area contributed by atoms with E-state index in [1.165, 1.54) is 12.8 Å². The van der Waals surface area contributed by atoms with E-state index in [-0.39, 0.29) is 0 Å². The van der Waals surface area contributed by atoms with Crippen molar-refractivity contribution in [3.63, 3.8) is 0 Å². The van der Waals surface area contributed by atoms with Gasteiger partial charge in [0.2, 0.25) is 5.76 Å². The maximum absolute atomic E-state index is 8.92. The lowest BCUT2D eigenvalue weighted by Gasteiger charge is -2.24. The standard InChI is InChI=1S/C19H27N3O.C4H10/c1-5-6-14(4)8-16(7-13(2)3)22-19-10-15-9-17(11-20)23-18(15)12-21-19;1-4(2)3/h9-10,12-14,16H,5-8H2,1-4H3,(H,21,22);4H,1-3H3. The quantitative estimate of drug-likeness (QED) is 0.542. The Balaban J connectivity index is 0.000000828. The van der Waals surface area contributed by atoms with Crippen LogP contribution in [0, 0.1) is 29.1 Å². The lowest BCUT2D eigenvalue weighted by Crippen LogP contribution is -2.24. The number of furan rings is 1. The Kier molecular flexibility index (Phi) is 9.93. The van der Waals surface area contributed by atoms with E-state index in [1.807, 2.05) is 12.1 Å². The Morgan fingerprint density at radius 3 is 2.33 bits per heavy atom. The maximum Gasteiger partial charge on any atom is 0.204 e. The van der Waals surface area contributed by atoms with Gasteiger partial charge in [0.25, 0.3) is 0 Å². The second-order valence-electron chi connectivity index (χ2n) is 8.66. The molecule has 2 rings (SSSR count). The lowest BCUT2D eigenvalue weighted by atomic mass is 9.92. The van der Waals surface area contributed by atoms with Crippen LogP contribution in [0.1, 0.15) is 79.9 Å². The predicted molar refractivity (Wildman–Crippen MR) is 115 cm³/mol. The molecule has 4 heteroatoms. The summed E-state index contributed by atoms with van der Waals surface area (Å²) in [6, 6.07) is 6.18. The van der Waals surface area contributed by atoms with Crippen molar-refractivity contribution in [3.8, 4) is 6.07 Å². The van der Waals surface area contributed by atoms with Crippen LogP contribution in [-0.2, 0) is 0 Å².